The molecule has 1 saturated heterocycles. The molecule has 0 aliphatic carbocycles. The molecule has 2 aromatic rings. The number of aromatic amines is 1. The number of nitrogens with zero attached hydrogens (tertiary/aromatic N) is 2. The highest BCUT2D eigenvalue weighted by Gasteiger charge is 2.24. The Morgan fingerprint density at radius 2 is 1.86 bits per heavy atom. The second-order valence-corrected chi connectivity index (χ2v) is 8.79. The van der Waals surface area contributed by atoms with Gasteiger partial charge in [-0.15, -0.1) is 0 Å². The number of nitrogens with one attached hydrogen (secondary N) is 1. The summed E-state index contributed by atoms with van der Waals surface area (Å²) in [6.07, 6.45) is 0.807. The van der Waals surface area contributed by atoms with Crippen LogP contribution in [0.25, 0.3) is 10.9 Å². The van der Waals surface area contributed by atoms with Crippen molar-refractivity contribution in [3.05, 3.63) is 40.2 Å². The minimum absolute atomic E-state index is 0.125. The molecule has 6 heteroatoms. The van der Waals surface area contributed by atoms with Crippen LogP contribution in [-0.4, -0.2) is 60.5 Å². The summed E-state index contributed by atoms with van der Waals surface area (Å²) in [4.78, 5) is 32.2. The lowest BCUT2D eigenvalue weighted by molar-refractivity contribution is -0.133. The van der Waals surface area contributed by atoms with E-state index in [0.717, 1.165) is 49.4 Å². The maximum absolute atomic E-state index is 12.6. The summed E-state index contributed by atoms with van der Waals surface area (Å²) in [7, 11) is 1.62. The standard InChI is InChI=1S/C22H31N3O3/c1-22(2,3)15-24-9-11-25(12-10-24)20(26)8-5-16-13-17-14-18(28-4)6-7-19(17)23-21(16)27/h6-7,13-14H,5,8-12,15H2,1-4H3,(H,23,27). The Bertz CT molecular complexity index is 890. The number of carbonyl (C=O) groups is 1. The summed E-state index contributed by atoms with van der Waals surface area (Å²) in [6.45, 7) is 11.1. The van der Waals surface area contributed by atoms with Crippen molar-refractivity contribution >= 4 is 16.8 Å². The molecule has 1 amide bonds. The maximum atomic E-state index is 12.6. The van der Waals surface area contributed by atoms with Crippen molar-refractivity contribution < 1.29 is 9.53 Å². The number of aryl methyl sites for hydroxylation is 1. The van der Waals surface area contributed by atoms with E-state index in [9.17, 15) is 9.59 Å². The van der Waals surface area contributed by atoms with Crippen LogP contribution in [0.4, 0.5) is 0 Å². The van der Waals surface area contributed by atoms with Gasteiger partial charge in [-0.3, -0.25) is 14.5 Å². The zero-order valence-electron chi connectivity index (χ0n) is 17.4. The van der Waals surface area contributed by atoms with E-state index in [4.69, 9.17) is 4.74 Å². The number of amides is 1. The number of ether oxygens (including phenoxy) is 1. The average molecular weight is 386 g/mol. The molecule has 2 heterocycles. The Kier molecular flexibility index (Phi) is 6.08. The molecule has 28 heavy (non-hydrogen) atoms. The molecule has 1 aliphatic heterocycles. The summed E-state index contributed by atoms with van der Waals surface area (Å²) in [5, 5.41) is 0.914. The highest BCUT2D eigenvalue weighted by molar-refractivity contribution is 5.81. The predicted octanol–water partition coefficient (Wildman–Crippen LogP) is 2.66. The van der Waals surface area contributed by atoms with Crippen LogP contribution >= 0.6 is 0 Å². The summed E-state index contributed by atoms with van der Waals surface area (Å²) < 4.78 is 5.25. The van der Waals surface area contributed by atoms with Gasteiger partial charge in [-0.2, -0.15) is 0 Å². The Hall–Kier alpha value is -2.34. The molecule has 0 spiro atoms. The predicted molar refractivity (Wildman–Crippen MR) is 112 cm³/mol. The number of carbonyl (C=O) groups excluding carboxylic acids is 1. The first-order valence-corrected chi connectivity index (χ1v) is 9.95. The molecule has 1 aliphatic rings. The zero-order chi connectivity index (χ0) is 20.3. The molecule has 3 rings (SSSR count). The van der Waals surface area contributed by atoms with E-state index in [-0.39, 0.29) is 16.9 Å². The van der Waals surface area contributed by atoms with Crippen LogP contribution in [0.1, 0.15) is 32.8 Å². The number of fused-ring (bicyclic) bond motifs is 1. The number of rotatable bonds is 5. The maximum Gasteiger partial charge on any atom is 0.251 e. The molecule has 1 aromatic carbocycles. The fourth-order valence-electron chi connectivity index (χ4n) is 3.77. The Labute approximate surface area is 166 Å². The third kappa shape index (κ3) is 5.13. The van der Waals surface area contributed by atoms with Gasteiger partial charge >= 0.3 is 0 Å². The minimum Gasteiger partial charge on any atom is -0.497 e. The van der Waals surface area contributed by atoms with E-state index >= 15 is 0 Å². The van der Waals surface area contributed by atoms with E-state index < -0.39 is 0 Å². The van der Waals surface area contributed by atoms with Gasteiger partial charge in [0.2, 0.25) is 5.91 Å². The third-order valence-corrected chi connectivity index (χ3v) is 5.16. The van der Waals surface area contributed by atoms with Gasteiger partial charge in [0, 0.05) is 55.6 Å². The molecule has 0 atom stereocenters. The minimum atomic E-state index is -0.125. The number of aromatic nitrogens is 1. The van der Waals surface area contributed by atoms with Crippen LogP contribution in [0.15, 0.2) is 29.1 Å². The number of H-pyrrole nitrogens is 1. The molecular formula is C22H31N3O3. The highest BCUT2D eigenvalue weighted by Crippen LogP contribution is 2.20. The van der Waals surface area contributed by atoms with Crippen molar-refractivity contribution in [1.82, 2.24) is 14.8 Å². The van der Waals surface area contributed by atoms with Gasteiger partial charge in [-0.05, 0) is 36.1 Å². The first-order valence-electron chi connectivity index (χ1n) is 9.95. The lowest BCUT2D eigenvalue weighted by atomic mass is 9.96. The van der Waals surface area contributed by atoms with Gasteiger partial charge in [-0.25, -0.2) is 0 Å². The van der Waals surface area contributed by atoms with Crippen molar-refractivity contribution in [2.24, 2.45) is 5.41 Å². The zero-order valence-corrected chi connectivity index (χ0v) is 17.4. The number of methoxy groups -OCH3 is 1. The second-order valence-electron chi connectivity index (χ2n) is 8.79. The number of piperazine rings is 1. The van der Waals surface area contributed by atoms with Crippen LogP contribution in [-0.2, 0) is 11.2 Å². The molecule has 0 saturated carbocycles. The van der Waals surface area contributed by atoms with Gasteiger partial charge < -0.3 is 14.6 Å². The summed E-state index contributed by atoms with van der Waals surface area (Å²) in [5.74, 6) is 0.871. The van der Waals surface area contributed by atoms with Gasteiger partial charge in [-0.1, -0.05) is 20.8 Å². The molecule has 0 radical (unpaired) electrons. The van der Waals surface area contributed by atoms with Crippen LogP contribution in [0, 0.1) is 5.41 Å². The smallest absolute Gasteiger partial charge is 0.251 e. The fourth-order valence-corrected chi connectivity index (χ4v) is 3.77. The fraction of sp³-hybridized carbons (Fsp3) is 0.545. The van der Waals surface area contributed by atoms with Crippen molar-refractivity contribution in [3.8, 4) is 5.75 Å². The normalized spacial score (nSPS) is 15.8. The number of hydrogen-bond donors (Lipinski definition) is 1. The number of pyridine rings is 1. The molecule has 1 fully saturated rings. The number of hydrogen-bond acceptors (Lipinski definition) is 4. The second kappa shape index (κ2) is 8.35. The van der Waals surface area contributed by atoms with E-state index in [1.807, 2.05) is 29.2 Å². The summed E-state index contributed by atoms with van der Waals surface area (Å²) in [5.41, 5.74) is 1.56. The molecule has 6 nitrogen and oxygen atoms in total. The lowest BCUT2D eigenvalue weighted by Crippen LogP contribution is -2.50. The average Bonchev–Trinajstić information content (AvgIpc) is 2.65. The van der Waals surface area contributed by atoms with E-state index in [1.165, 1.54) is 0 Å². The Morgan fingerprint density at radius 3 is 2.50 bits per heavy atom. The van der Waals surface area contributed by atoms with E-state index in [2.05, 4.69) is 30.7 Å². The number of benzene rings is 1. The molecular weight excluding hydrogens is 354 g/mol. The molecule has 0 bridgehead atoms. The van der Waals surface area contributed by atoms with Crippen LogP contribution in [0.3, 0.4) is 0 Å². The Balaban J connectivity index is 1.59. The van der Waals surface area contributed by atoms with Crippen molar-refractivity contribution in [2.75, 3.05) is 39.8 Å². The van der Waals surface area contributed by atoms with Crippen LogP contribution in [0.2, 0.25) is 0 Å². The van der Waals surface area contributed by atoms with Crippen molar-refractivity contribution in [3.63, 3.8) is 0 Å². The first kappa shape index (κ1) is 20.4. The van der Waals surface area contributed by atoms with E-state index in [0.29, 0.717) is 18.4 Å². The van der Waals surface area contributed by atoms with Gasteiger partial charge in [0.15, 0.2) is 0 Å². The molecule has 152 valence electrons. The largest absolute Gasteiger partial charge is 0.497 e. The van der Waals surface area contributed by atoms with Crippen LogP contribution in [0.5, 0.6) is 5.75 Å². The van der Waals surface area contributed by atoms with Crippen LogP contribution < -0.4 is 10.3 Å². The van der Waals surface area contributed by atoms with E-state index in [1.54, 1.807) is 7.11 Å². The SMILES string of the molecule is COc1ccc2[nH]c(=O)c(CCC(=O)N3CCN(CC(C)(C)C)CC3)cc2c1. The van der Waals surface area contributed by atoms with Crippen molar-refractivity contribution in [1.29, 1.82) is 0 Å². The summed E-state index contributed by atoms with van der Waals surface area (Å²) >= 11 is 0. The van der Waals surface area contributed by atoms with Gasteiger partial charge in [0.25, 0.3) is 5.56 Å². The summed E-state index contributed by atoms with van der Waals surface area (Å²) in [6, 6.07) is 7.42. The first-order chi connectivity index (χ1) is 13.2. The van der Waals surface area contributed by atoms with Gasteiger partial charge in [0.05, 0.1) is 7.11 Å². The highest BCUT2D eigenvalue weighted by atomic mass is 16.5. The third-order valence-electron chi connectivity index (χ3n) is 5.16. The molecule has 0 unspecified atom stereocenters. The lowest BCUT2D eigenvalue weighted by Gasteiger charge is -2.37. The quantitative estimate of drug-likeness (QED) is 0.859. The Morgan fingerprint density at radius 1 is 1.14 bits per heavy atom. The topological polar surface area (TPSA) is 65.6 Å². The monoisotopic (exact) mass is 385 g/mol. The van der Waals surface area contributed by atoms with Gasteiger partial charge in [0.1, 0.15) is 5.75 Å². The van der Waals surface area contributed by atoms with Crippen molar-refractivity contribution in [2.45, 2.75) is 33.6 Å². The molecule has 1 aromatic heterocycles. The molecule has 1 N–H and O–H groups in total.